The summed E-state index contributed by atoms with van der Waals surface area (Å²) in [6.07, 6.45) is 5.56. The molecular formula is C28H30ClN7O8. The fourth-order valence-electron chi connectivity index (χ4n) is 5.72. The molecule has 2 amide bonds. The lowest BCUT2D eigenvalue weighted by atomic mass is 9.89. The van der Waals surface area contributed by atoms with Gasteiger partial charge in [-0.25, -0.2) is 19.4 Å². The van der Waals surface area contributed by atoms with Gasteiger partial charge in [0.1, 0.15) is 6.10 Å². The van der Waals surface area contributed by atoms with Crippen LogP contribution in [0.1, 0.15) is 24.4 Å². The van der Waals surface area contributed by atoms with E-state index in [1.54, 1.807) is 19.2 Å². The molecule has 0 radical (unpaired) electrons. The minimum Gasteiger partial charge on any atom is -0.479 e. The van der Waals surface area contributed by atoms with Crippen molar-refractivity contribution in [3.05, 3.63) is 41.4 Å². The first-order valence-corrected chi connectivity index (χ1v) is 14.0. The van der Waals surface area contributed by atoms with Gasteiger partial charge in [-0.15, -0.1) is 6.42 Å². The molecule has 1 saturated carbocycles. The lowest BCUT2D eigenvalue weighted by Crippen LogP contribution is -2.53. The SMILES string of the molecule is C#C[C@@]1(O)[C@@H](COC(Cc2ccc(N3CCCNC3=O)cc2)(C(=O)O)C(=O)O)C[C@@H](n2cnc3c(NC)nc(Cl)nc32)[C@@H]1O. The fraction of sp³-hybridized carbons (Fsp3) is 0.429. The van der Waals surface area contributed by atoms with Crippen LogP contribution in [0.3, 0.4) is 0 Å². The average Bonchev–Trinajstić information content (AvgIpc) is 3.53. The zero-order valence-electron chi connectivity index (χ0n) is 23.5. The molecule has 1 aliphatic carbocycles. The summed E-state index contributed by atoms with van der Waals surface area (Å²) in [6, 6.07) is 5.05. The fourth-order valence-corrected chi connectivity index (χ4v) is 5.89. The standard InChI is InChI=1S/C28H30ClN7O8/c1-3-27(43)16(11-18(20(27)37)36-14-32-19-21(30-2)33-25(29)34-22(19)36)13-44-28(23(38)39,24(40)41)12-15-5-7-17(8-6-15)35-10-4-9-31-26(35)42/h1,5-8,14,16,18,20,37,43H,4,9-13H2,2H3,(H,31,42)(H,38,39)(H,40,41)(H,30,33,34)/t16-,18-,20+,27-/m1/s1. The van der Waals surface area contributed by atoms with Gasteiger partial charge in [-0.3, -0.25) is 4.90 Å². The number of amides is 2. The van der Waals surface area contributed by atoms with Gasteiger partial charge < -0.3 is 40.4 Å². The van der Waals surface area contributed by atoms with Gasteiger partial charge >= 0.3 is 18.0 Å². The molecule has 3 aromatic rings. The molecule has 0 bridgehead atoms. The molecule has 4 atom stereocenters. The number of carboxylic acid groups (broad SMARTS) is 2. The third-order valence-electron chi connectivity index (χ3n) is 8.19. The molecule has 2 aromatic heterocycles. The minimum atomic E-state index is -2.76. The summed E-state index contributed by atoms with van der Waals surface area (Å²) in [7, 11) is 1.62. The number of aromatic nitrogens is 4. The monoisotopic (exact) mass is 627 g/mol. The summed E-state index contributed by atoms with van der Waals surface area (Å²) in [5.74, 6) is -2.11. The van der Waals surface area contributed by atoms with Crippen molar-refractivity contribution in [1.82, 2.24) is 24.8 Å². The summed E-state index contributed by atoms with van der Waals surface area (Å²) >= 11 is 6.07. The maximum absolute atomic E-state index is 12.5. The number of nitrogens with one attached hydrogen (secondary N) is 2. The predicted molar refractivity (Wildman–Crippen MR) is 156 cm³/mol. The molecule has 0 unspecified atom stereocenters. The minimum absolute atomic E-state index is 0.0499. The van der Waals surface area contributed by atoms with E-state index in [2.05, 4.69) is 31.5 Å². The first kappa shape index (κ1) is 31.0. The summed E-state index contributed by atoms with van der Waals surface area (Å²) in [4.78, 5) is 51.1. The Labute approximate surface area is 255 Å². The van der Waals surface area contributed by atoms with E-state index in [0.29, 0.717) is 35.7 Å². The second kappa shape index (κ2) is 11.9. The van der Waals surface area contributed by atoms with Crippen molar-refractivity contribution in [2.24, 2.45) is 5.92 Å². The van der Waals surface area contributed by atoms with Crippen LogP contribution in [-0.4, -0.2) is 102 Å². The topological polar surface area (TPSA) is 212 Å². The van der Waals surface area contributed by atoms with Gasteiger partial charge in [0.05, 0.1) is 19.0 Å². The van der Waals surface area contributed by atoms with Gasteiger partial charge in [0, 0.05) is 38.2 Å². The Morgan fingerprint density at radius 1 is 1.27 bits per heavy atom. The number of terminal acetylenes is 1. The van der Waals surface area contributed by atoms with E-state index in [1.165, 1.54) is 27.9 Å². The van der Waals surface area contributed by atoms with E-state index in [9.17, 15) is 34.8 Å². The molecule has 232 valence electrons. The molecule has 1 aromatic carbocycles. The first-order chi connectivity index (χ1) is 20.9. The number of nitrogens with zero attached hydrogens (tertiary/aromatic N) is 5. The van der Waals surface area contributed by atoms with Crippen LogP contribution in [0, 0.1) is 18.3 Å². The van der Waals surface area contributed by atoms with Crippen LogP contribution in [0.25, 0.3) is 11.2 Å². The number of halogens is 1. The van der Waals surface area contributed by atoms with Gasteiger partial charge in [-0.05, 0) is 42.1 Å². The second-order valence-electron chi connectivity index (χ2n) is 10.7. The van der Waals surface area contributed by atoms with E-state index in [4.69, 9.17) is 22.8 Å². The van der Waals surface area contributed by atoms with Gasteiger partial charge in [-0.1, -0.05) is 18.1 Å². The molecule has 3 heterocycles. The Morgan fingerprint density at radius 3 is 2.59 bits per heavy atom. The number of hydrogen-bond donors (Lipinski definition) is 6. The molecular weight excluding hydrogens is 598 g/mol. The molecule has 5 rings (SSSR count). The van der Waals surface area contributed by atoms with Gasteiger partial charge in [0.15, 0.2) is 22.6 Å². The van der Waals surface area contributed by atoms with Crippen molar-refractivity contribution >= 4 is 52.2 Å². The van der Waals surface area contributed by atoms with E-state index < -0.39 is 54.2 Å². The van der Waals surface area contributed by atoms with Crippen LogP contribution in [0.5, 0.6) is 0 Å². The third-order valence-corrected chi connectivity index (χ3v) is 8.36. The van der Waals surface area contributed by atoms with Crippen molar-refractivity contribution in [3.8, 4) is 12.3 Å². The van der Waals surface area contributed by atoms with Crippen molar-refractivity contribution in [3.63, 3.8) is 0 Å². The molecule has 0 spiro atoms. The Hall–Kier alpha value is -4.49. The highest BCUT2D eigenvalue weighted by Gasteiger charge is 2.56. The summed E-state index contributed by atoms with van der Waals surface area (Å²) in [5, 5.41) is 48.2. The number of fused-ring (bicyclic) bond motifs is 1. The van der Waals surface area contributed by atoms with Gasteiger partial charge in [-0.2, -0.15) is 9.97 Å². The second-order valence-corrected chi connectivity index (χ2v) is 11.0. The number of aliphatic hydroxyl groups excluding tert-OH is 1. The number of hydrogen-bond acceptors (Lipinski definition) is 10. The molecule has 16 heteroatoms. The number of rotatable bonds is 10. The molecule has 1 saturated heterocycles. The van der Waals surface area contributed by atoms with E-state index in [1.807, 2.05) is 0 Å². The van der Waals surface area contributed by atoms with Gasteiger partial charge in [0.25, 0.3) is 5.60 Å². The van der Waals surface area contributed by atoms with Crippen LogP contribution in [0.2, 0.25) is 5.28 Å². The van der Waals surface area contributed by atoms with E-state index in [0.717, 1.165) is 6.42 Å². The van der Waals surface area contributed by atoms with Crippen LogP contribution < -0.4 is 15.5 Å². The maximum atomic E-state index is 12.5. The molecule has 6 N–H and O–H groups in total. The lowest BCUT2D eigenvalue weighted by molar-refractivity contribution is -0.188. The Morgan fingerprint density at radius 2 is 1.98 bits per heavy atom. The molecule has 15 nitrogen and oxygen atoms in total. The van der Waals surface area contributed by atoms with Crippen molar-refractivity contribution in [2.45, 2.75) is 42.6 Å². The molecule has 2 fully saturated rings. The van der Waals surface area contributed by atoms with Crippen LogP contribution in [-0.2, 0) is 20.7 Å². The number of carbonyl (C=O) groups excluding carboxylic acids is 1. The highest BCUT2D eigenvalue weighted by molar-refractivity contribution is 6.28. The number of urea groups is 1. The Kier molecular flexibility index (Phi) is 8.36. The summed E-state index contributed by atoms with van der Waals surface area (Å²) in [5.41, 5.74) is -3.51. The maximum Gasteiger partial charge on any atom is 0.348 e. The number of imidazole rings is 1. The predicted octanol–water partition coefficient (Wildman–Crippen LogP) is 0.895. The quantitative estimate of drug-likeness (QED) is 0.105. The largest absolute Gasteiger partial charge is 0.479 e. The van der Waals surface area contributed by atoms with E-state index in [-0.39, 0.29) is 23.4 Å². The molecule has 1 aliphatic heterocycles. The smallest absolute Gasteiger partial charge is 0.348 e. The third kappa shape index (κ3) is 5.26. The number of anilines is 2. The number of ether oxygens (including phenoxy) is 1. The van der Waals surface area contributed by atoms with Crippen LogP contribution >= 0.6 is 11.6 Å². The Bertz CT molecular complexity index is 1630. The first-order valence-electron chi connectivity index (χ1n) is 13.7. The summed E-state index contributed by atoms with van der Waals surface area (Å²) in [6.45, 7) is 0.445. The van der Waals surface area contributed by atoms with Crippen molar-refractivity contribution < 1.29 is 39.5 Å². The highest BCUT2D eigenvalue weighted by Crippen LogP contribution is 2.44. The number of carbonyl (C=O) groups is 3. The van der Waals surface area contributed by atoms with Crippen molar-refractivity contribution in [1.29, 1.82) is 0 Å². The number of benzene rings is 1. The molecule has 2 aliphatic rings. The average molecular weight is 628 g/mol. The van der Waals surface area contributed by atoms with Crippen LogP contribution in [0.15, 0.2) is 30.6 Å². The van der Waals surface area contributed by atoms with E-state index >= 15 is 0 Å². The zero-order valence-corrected chi connectivity index (χ0v) is 24.2. The Balaban J connectivity index is 1.39. The number of carboxylic acids is 2. The van der Waals surface area contributed by atoms with Gasteiger partial charge in [0.2, 0.25) is 5.28 Å². The zero-order chi connectivity index (χ0) is 31.8. The molecule has 44 heavy (non-hydrogen) atoms. The highest BCUT2D eigenvalue weighted by atomic mass is 35.5. The number of aliphatic carboxylic acids is 2. The van der Waals surface area contributed by atoms with Crippen LogP contribution in [0.4, 0.5) is 16.3 Å². The lowest BCUT2D eigenvalue weighted by Gasteiger charge is -2.31. The summed E-state index contributed by atoms with van der Waals surface area (Å²) < 4.78 is 7.11. The number of aliphatic hydroxyl groups is 2. The van der Waals surface area contributed by atoms with Crippen molar-refractivity contribution in [2.75, 3.05) is 37.0 Å². The normalized spacial score (nSPS) is 23.8.